The molecule has 0 aliphatic carbocycles. The predicted octanol–water partition coefficient (Wildman–Crippen LogP) is 9.39. The van der Waals surface area contributed by atoms with Gasteiger partial charge in [0.1, 0.15) is 0 Å². The van der Waals surface area contributed by atoms with E-state index in [0.29, 0.717) is 11.8 Å². The van der Waals surface area contributed by atoms with Crippen molar-refractivity contribution in [2.45, 2.75) is 125 Å². The van der Waals surface area contributed by atoms with Crippen molar-refractivity contribution in [3.05, 3.63) is 27.8 Å². The number of rotatable bonds is 12. The molecule has 6 heteroatoms. The molecule has 1 aliphatic heterocycles. The Morgan fingerprint density at radius 2 is 1.35 bits per heavy atom. The first-order valence-corrected chi connectivity index (χ1v) is 23.0. The van der Waals surface area contributed by atoms with Gasteiger partial charge in [-0.3, -0.25) is 0 Å². The molecule has 1 aliphatic rings. The van der Waals surface area contributed by atoms with Crippen LogP contribution in [0.15, 0.2) is 17.8 Å². The maximum atomic E-state index is 4.94. The van der Waals surface area contributed by atoms with E-state index in [9.17, 15) is 0 Å². The molecule has 0 bridgehead atoms. The van der Waals surface area contributed by atoms with E-state index in [1.807, 2.05) is 11.6 Å². The molecule has 3 rings (SSSR count). The van der Waals surface area contributed by atoms with E-state index in [2.05, 4.69) is 71.0 Å². The van der Waals surface area contributed by atoms with Crippen LogP contribution in [0.4, 0.5) is 0 Å². The third-order valence-electron chi connectivity index (χ3n) is 6.34. The first-order chi connectivity index (χ1) is 16.4. The van der Waals surface area contributed by atoms with Crippen molar-refractivity contribution in [1.29, 1.82) is 0 Å². The molecule has 0 amide bonds. The minimum atomic E-state index is -2.18. The average molecular weight is 616 g/mol. The quantitative estimate of drug-likeness (QED) is 0.223. The summed E-state index contributed by atoms with van der Waals surface area (Å²) in [4.78, 5) is 8.91. The zero-order chi connectivity index (χ0) is 25.2. The molecule has 0 aromatic carbocycles. The number of nitrogens with zero attached hydrogens (tertiary/aromatic N) is 2. The molecule has 2 aromatic rings. The van der Waals surface area contributed by atoms with Crippen LogP contribution in [0.25, 0.3) is 0 Å². The molecule has 0 spiro atoms. The molecule has 0 N–H and O–H groups in total. The van der Waals surface area contributed by atoms with E-state index in [1.54, 1.807) is 27.5 Å². The first kappa shape index (κ1) is 32.0. The number of ether oxygens (including phenoxy) is 1. The summed E-state index contributed by atoms with van der Waals surface area (Å²) in [5, 5.41) is 4.61. The summed E-state index contributed by atoms with van der Waals surface area (Å²) in [5.74, 6) is 1.19. The summed E-state index contributed by atoms with van der Waals surface area (Å²) in [6, 6.07) is 0. The van der Waals surface area contributed by atoms with Crippen molar-refractivity contribution in [3.63, 3.8) is 0 Å². The van der Waals surface area contributed by atoms with Crippen LogP contribution in [0, 0.1) is 0 Å². The second-order valence-electron chi connectivity index (χ2n) is 10.2. The molecular formula is C28H52N2OS2Sn. The molecule has 2 aromatic heterocycles. The van der Waals surface area contributed by atoms with Gasteiger partial charge in [-0.05, 0) is 12.8 Å². The first-order valence-electron chi connectivity index (χ1n) is 13.8. The molecular weight excluding hydrogens is 563 g/mol. The predicted molar refractivity (Wildman–Crippen MR) is 157 cm³/mol. The zero-order valence-corrected chi connectivity index (χ0v) is 27.7. The monoisotopic (exact) mass is 616 g/mol. The van der Waals surface area contributed by atoms with E-state index in [4.69, 9.17) is 9.72 Å². The number of unbranched alkanes of at least 4 members (excludes halogenated alkanes) is 3. The molecule has 3 heterocycles. The number of hydrogen-bond acceptors (Lipinski definition) is 5. The second-order valence-corrected chi connectivity index (χ2v) is 26.3. The summed E-state index contributed by atoms with van der Waals surface area (Å²) in [6.45, 7) is 17.9. The Balaban J connectivity index is 0.000000356. The summed E-state index contributed by atoms with van der Waals surface area (Å²) >= 11 is 1.62. The topological polar surface area (TPSA) is 35.0 Å². The van der Waals surface area contributed by atoms with Crippen molar-refractivity contribution in [2.75, 3.05) is 13.2 Å². The molecule has 0 radical (unpaired) electrons. The molecule has 3 nitrogen and oxygen atoms in total. The van der Waals surface area contributed by atoms with Crippen LogP contribution in [-0.2, 0) is 4.74 Å². The molecule has 34 heavy (non-hydrogen) atoms. The third kappa shape index (κ3) is 12.3. The number of aromatic nitrogens is 2. The second kappa shape index (κ2) is 19.2. The van der Waals surface area contributed by atoms with E-state index in [1.165, 1.54) is 61.4 Å². The van der Waals surface area contributed by atoms with Crippen LogP contribution in [0.1, 0.15) is 122 Å². The third-order valence-corrected chi connectivity index (χ3v) is 26.9. The summed E-state index contributed by atoms with van der Waals surface area (Å²) in [7, 11) is 0. The SMILES string of the molecule is C1CCOC1.CC(C)c1nccs1.CCC[CH2][Sn]([CH2]CCC)([CH2]CCC)[c]1cnc(C(C)C)s1. The van der Waals surface area contributed by atoms with Gasteiger partial charge in [0, 0.05) is 30.7 Å². The van der Waals surface area contributed by atoms with E-state index >= 15 is 0 Å². The minimum absolute atomic E-state index is 0.593. The summed E-state index contributed by atoms with van der Waals surface area (Å²) in [6.07, 6.45) is 15.1. The molecule has 1 fully saturated rings. The Hall–Kier alpha value is 0.0187. The van der Waals surface area contributed by atoms with Crippen LogP contribution in [0.2, 0.25) is 13.3 Å². The van der Waals surface area contributed by atoms with Crippen LogP contribution >= 0.6 is 22.7 Å². The van der Waals surface area contributed by atoms with Crippen molar-refractivity contribution < 1.29 is 4.74 Å². The molecule has 0 atom stereocenters. The van der Waals surface area contributed by atoms with Gasteiger partial charge in [-0.25, -0.2) is 4.98 Å². The maximum absolute atomic E-state index is 4.94. The molecule has 0 saturated carbocycles. The van der Waals surface area contributed by atoms with E-state index in [0.717, 1.165) is 13.2 Å². The van der Waals surface area contributed by atoms with Gasteiger partial charge in [0.2, 0.25) is 0 Å². The summed E-state index contributed by atoms with van der Waals surface area (Å²) in [5.41, 5.74) is 0. The van der Waals surface area contributed by atoms with E-state index in [-0.39, 0.29) is 0 Å². The van der Waals surface area contributed by atoms with Gasteiger partial charge in [-0.2, -0.15) is 0 Å². The average Bonchev–Trinajstić information content (AvgIpc) is 3.62. The van der Waals surface area contributed by atoms with Crippen LogP contribution in [-0.4, -0.2) is 41.6 Å². The van der Waals surface area contributed by atoms with Crippen LogP contribution in [0.5, 0.6) is 0 Å². The Bertz CT molecular complexity index is 682. The fraction of sp³-hybridized carbons (Fsp3) is 0.786. The molecule has 1 saturated heterocycles. The van der Waals surface area contributed by atoms with Crippen LogP contribution in [0.3, 0.4) is 0 Å². The summed E-state index contributed by atoms with van der Waals surface area (Å²) < 4.78 is 11.4. The Morgan fingerprint density at radius 1 is 0.824 bits per heavy atom. The number of thiazole rings is 2. The number of hydrogen-bond donors (Lipinski definition) is 0. The Morgan fingerprint density at radius 3 is 1.65 bits per heavy atom. The normalized spacial score (nSPS) is 13.6. The standard InChI is InChI=1S/C6H9NS.C6H8NS.C4H8O.3C4H9.Sn/c2*1-5(2)6-7-3-4-8-6;1-2-4-5-3-1;3*1-3-4-2;/h3-5H,1-2H3;3,5H,1-2H3;1-4H2;3*1,3-4H2,2H3;. The van der Waals surface area contributed by atoms with Crippen molar-refractivity contribution in [2.24, 2.45) is 0 Å². The van der Waals surface area contributed by atoms with Crippen molar-refractivity contribution in [1.82, 2.24) is 9.97 Å². The van der Waals surface area contributed by atoms with Gasteiger partial charge in [-0.1, -0.05) is 13.8 Å². The Kier molecular flexibility index (Phi) is 18.1. The van der Waals surface area contributed by atoms with Gasteiger partial charge in [0.05, 0.1) is 5.01 Å². The van der Waals surface area contributed by atoms with E-state index < -0.39 is 18.4 Å². The Labute approximate surface area is 223 Å². The fourth-order valence-electron chi connectivity index (χ4n) is 4.12. The molecule has 196 valence electrons. The molecule has 0 unspecified atom stereocenters. The zero-order valence-electron chi connectivity index (χ0n) is 23.2. The van der Waals surface area contributed by atoms with Crippen LogP contribution < -0.4 is 2.89 Å². The van der Waals surface area contributed by atoms with Crippen molar-refractivity contribution >= 4 is 43.9 Å². The van der Waals surface area contributed by atoms with Gasteiger partial charge < -0.3 is 4.74 Å². The van der Waals surface area contributed by atoms with Gasteiger partial charge in [-0.15, -0.1) is 11.3 Å². The van der Waals surface area contributed by atoms with Gasteiger partial charge >= 0.3 is 141 Å². The van der Waals surface area contributed by atoms with Crippen molar-refractivity contribution in [3.8, 4) is 0 Å². The van der Waals surface area contributed by atoms with Gasteiger partial charge in [0.25, 0.3) is 0 Å². The fourth-order valence-corrected chi connectivity index (χ4v) is 24.5. The van der Waals surface area contributed by atoms with Gasteiger partial charge in [0.15, 0.2) is 0 Å².